The van der Waals surface area contributed by atoms with E-state index in [1.54, 1.807) is 0 Å². The molecule has 1 heterocycles. The van der Waals surface area contributed by atoms with Crippen LogP contribution in [0.3, 0.4) is 0 Å². The van der Waals surface area contributed by atoms with E-state index in [1.807, 2.05) is 11.8 Å². The van der Waals surface area contributed by atoms with E-state index in [0.717, 1.165) is 6.54 Å². The fourth-order valence-electron chi connectivity index (χ4n) is 2.48. The van der Waals surface area contributed by atoms with Crippen LogP contribution >= 0.6 is 11.8 Å². The molecule has 0 saturated carbocycles. The van der Waals surface area contributed by atoms with Crippen molar-refractivity contribution in [3.8, 4) is 0 Å². The maximum Gasteiger partial charge on any atom is 0.0362 e. The van der Waals surface area contributed by atoms with Gasteiger partial charge in [-0.15, -0.1) is 11.8 Å². The van der Waals surface area contributed by atoms with Crippen molar-refractivity contribution in [2.75, 3.05) is 30.9 Å². The minimum Gasteiger partial charge on any atom is -0.384 e. The first-order valence-electron chi connectivity index (χ1n) is 6.98. The number of anilines is 2. The van der Waals surface area contributed by atoms with Crippen molar-refractivity contribution < 1.29 is 0 Å². The molecule has 0 aliphatic carbocycles. The predicted octanol–water partition coefficient (Wildman–Crippen LogP) is 3.88. The highest BCUT2D eigenvalue weighted by molar-refractivity contribution is 8.00. The topological polar surface area (TPSA) is 15.3 Å². The molecule has 1 aliphatic rings. The van der Waals surface area contributed by atoms with Crippen molar-refractivity contribution in [2.45, 2.75) is 16.6 Å². The number of rotatable bonds is 4. The molecule has 1 N–H and O–H groups in total. The smallest absolute Gasteiger partial charge is 0.0362 e. The Kier molecular flexibility index (Phi) is 3.88. The summed E-state index contributed by atoms with van der Waals surface area (Å²) in [5, 5.41) is 4.19. The molecule has 0 saturated heterocycles. The van der Waals surface area contributed by atoms with Gasteiger partial charge >= 0.3 is 0 Å². The molecule has 3 rings (SSSR count). The molecule has 2 nitrogen and oxygen atoms in total. The van der Waals surface area contributed by atoms with Crippen LogP contribution in [-0.4, -0.2) is 25.9 Å². The molecule has 104 valence electrons. The van der Waals surface area contributed by atoms with Gasteiger partial charge in [-0.05, 0) is 42.3 Å². The SMILES string of the molecule is CN(C)c1ccc(NCC2Cc3ccccc3S2)cc1. The summed E-state index contributed by atoms with van der Waals surface area (Å²) in [5.41, 5.74) is 3.93. The Bertz CT molecular complexity index is 553. The van der Waals surface area contributed by atoms with Gasteiger partial charge in [0.1, 0.15) is 0 Å². The average Bonchev–Trinajstić information content (AvgIpc) is 2.88. The molecule has 20 heavy (non-hydrogen) atoms. The van der Waals surface area contributed by atoms with Crippen LogP contribution in [0.1, 0.15) is 5.56 Å². The number of nitrogens with one attached hydrogen (secondary N) is 1. The Labute approximate surface area is 125 Å². The lowest BCUT2D eigenvalue weighted by atomic mass is 10.1. The van der Waals surface area contributed by atoms with Crippen molar-refractivity contribution >= 4 is 23.1 Å². The van der Waals surface area contributed by atoms with Gasteiger partial charge in [0.05, 0.1) is 0 Å². The van der Waals surface area contributed by atoms with Gasteiger partial charge < -0.3 is 10.2 Å². The molecule has 0 amide bonds. The van der Waals surface area contributed by atoms with Crippen LogP contribution in [0.15, 0.2) is 53.4 Å². The van der Waals surface area contributed by atoms with Crippen molar-refractivity contribution in [1.82, 2.24) is 0 Å². The summed E-state index contributed by atoms with van der Waals surface area (Å²) < 4.78 is 0. The second-order valence-corrected chi connectivity index (χ2v) is 6.72. The van der Waals surface area contributed by atoms with Gasteiger partial charge in [-0.3, -0.25) is 0 Å². The summed E-state index contributed by atoms with van der Waals surface area (Å²) in [6.45, 7) is 1.01. The van der Waals surface area contributed by atoms with Crippen LogP contribution in [0.4, 0.5) is 11.4 Å². The highest BCUT2D eigenvalue weighted by Crippen LogP contribution is 2.36. The van der Waals surface area contributed by atoms with Crippen molar-refractivity contribution in [1.29, 1.82) is 0 Å². The largest absolute Gasteiger partial charge is 0.384 e. The zero-order valence-electron chi connectivity index (χ0n) is 12.0. The zero-order chi connectivity index (χ0) is 13.9. The number of nitrogens with zero attached hydrogens (tertiary/aromatic N) is 1. The highest BCUT2D eigenvalue weighted by Gasteiger charge is 2.21. The quantitative estimate of drug-likeness (QED) is 0.917. The highest BCUT2D eigenvalue weighted by atomic mass is 32.2. The Morgan fingerprint density at radius 3 is 2.55 bits per heavy atom. The van der Waals surface area contributed by atoms with E-state index in [9.17, 15) is 0 Å². The number of hydrogen-bond acceptors (Lipinski definition) is 3. The molecule has 1 aliphatic heterocycles. The fraction of sp³-hybridized carbons (Fsp3) is 0.294. The van der Waals surface area contributed by atoms with Gasteiger partial charge in [0, 0.05) is 42.2 Å². The predicted molar refractivity (Wildman–Crippen MR) is 89.0 cm³/mol. The van der Waals surface area contributed by atoms with E-state index >= 15 is 0 Å². The van der Waals surface area contributed by atoms with Crippen LogP contribution in [0.25, 0.3) is 0 Å². The van der Waals surface area contributed by atoms with E-state index in [2.05, 4.69) is 72.8 Å². The monoisotopic (exact) mass is 284 g/mol. The first kappa shape index (κ1) is 13.4. The normalized spacial score (nSPS) is 16.8. The van der Waals surface area contributed by atoms with Crippen molar-refractivity contribution in [3.63, 3.8) is 0 Å². The first-order valence-corrected chi connectivity index (χ1v) is 7.86. The van der Waals surface area contributed by atoms with E-state index in [1.165, 1.54) is 28.3 Å². The Balaban J connectivity index is 1.56. The molecule has 0 radical (unpaired) electrons. The first-order chi connectivity index (χ1) is 9.72. The Morgan fingerprint density at radius 1 is 1.10 bits per heavy atom. The zero-order valence-corrected chi connectivity index (χ0v) is 12.8. The van der Waals surface area contributed by atoms with E-state index in [4.69, 9.17) is 0 Å². The molecule has 2 aromatic carbocycles. The number of benzene rings is 2. The molecule has 0 spiro atoms. The Morgan fingerprint density at radius 2 is 1.85 bits per heavy atom. The van der Waals surface area contributed by atoms with E-state index in [0.29, 0.717) is 5.25 Å². The van der Waals surface area contributed by atoms with Gasteiger partial charge in [-0.2, -0.15) is 0 Å². The third kappa shape index (κ3) is 2.93. The van der Waals surface area contributed by atoms with Gasteiger partial charge in [0.2, 0.25) is 0 Å². The molecule has 1 atom stereocenters. The minimum absolute atomic E-state index is 0.640. The molecule has 0 fully saturated rings. The number of thioether (sulfide) groups is 1. The van der Waals surface area contributed by atoms with Gasteiger partial charge in [-0.25, -0.2) is 0 Å². The minimum atomic E-state index is 0.640. The molecule has 3 heteroatoms. The standard InChI is InChI=1S/C17H20N2S/c1-19(2)15-9-7-14(8-10-15)18-12-16-11-13-5-3-4-6-17(13)20-16/h3-10,16,18H,11-12H2,1-2H3. The van der Waals surface area contributed by atoms with Gasteiger partial charge in [0.15, 0.2) is 0 Å². The van der Waals surface area contributed by atoms with Gasteiger partial charge in [0.25, 0.3) is 0 Å². The lowest BCUT2D eigenvalue weighted by Crippen LogP contribution is -2.16. The fourth-order valence-corrected chi connectivity index (χ4v) is 3.73. The molecule has 0 aromatic heterocycles. The van der Waals surface area contributed by atoms with Crippen LogP contribution in [-0.2, 0) is 6.42 Å². The van der Waals surface area contributed by atoms with E-state index < -0.39 is 0 Å². The lowest BCUT2D eigenvalue weighted by molar-refractivity contribution is 0.899. The summed E-state index contributed by atoms with van der Waals surface area (Å²) in [6.07, 6.45) is 1.17. The number of fused-ring (bicyclic) bond motifs is 1. The molecular weight excluding hydrogens is 264 g/mol. The molecule has 1 unspecified atom stereocenters. The summed E-state index contributed by atoms with van der Waals surface area (Å²) in [5.74, 6) is 0. The summed E-state index contributed by atoms with van der Waals surface area (Å²) in [6, 6.07) is 17.3. The lowest BCUT2D eigenvalue weighted by Gasteiger charge is -2.15. The summed E-state index contributed by atoms with van der Waals surface area (Å²) >= 11 is 1.99. The maximum absolute atomic E-state index is 3.55. The van der Waals surface area contributed by atoms with Crippen LogP contribution in [0.2, 0.25) is 0 Å². The number of hydrogen-bond donors (Lipinski definition) is 1. The van der Waals surface area contributed by atoms with E-state index in [-0.39, 0.29) is 0 Å². The maximum atomic E-state index is 3.55. The molecule has 0 bridgehead atoms. The Hall–Kier alpha value is -1.61. The van der Waals surface area contributed by atoms with Crippen molar-refractivity contribution in [2.24, 2.45) is 0 Å². The second kappa shape index (κ2) is 5.80. The summed E-state index contributed by atoms with van der Waals surface area (Å²) in [4.78, 5) is 3.56. The van der Waals surface area contributed by atoms with Crippen LogP contribution in [0, 0.1) is 0 Å². The molecule has 2 aromatic rings. The third-order valence-corrected chi connectivity index (χ3v) is 4.95. The van der Waals surface area contributed by atoms with Crippen LogP contribution in [0.5, 0.6) is 0 Å². The van der Waals surface area contributed by atoms with Crippen LogP contribution < -0.4 is 10.2 Å². The molecular formula is C17H20N2S. The average molecular weight is 284 g/mol. The van der Waals surface area contributed by atoms with Gasteiger partial charge in [-0.1, -0.05) is 18.2 Å². The summed E-state index contributed by atoms with van der Waals surface area (Å²) in [7, 11) is 4.13. The van der Waals surface area contributed by atoms with Crippen molar-refractivity contribution in [3.05, 3.63) is 54.1 Å². The third-order valence-electron chi connectivity index (χ3n) is 3.63. The second-order valence-electron chi connectivity index (χ2n) is 5.37.